The highest BCUT2D eigenvalue weighted by Crippen LogP contribution is 2.10. The highest BCUT2D eigenvalue weighted by molar-refractivity contribution is 5.80. The number of hydrogen-bond donors (Lipinski definition) is 1. The average molecular weight is 231 g/mol. The lowest BCUT2D eigenvalue weighted by Crippen LogP contribution is -2.21. The normalized spacial score (nSPS) is 12.6. The van der Waals surface area contributed by atoms with Crippen LogP contribution in [-0.2, 0) is 0 Å². The van der Waals surface area contributed by atoms with Gasteiger partial charge in [0.15, 0.2) is 6.19 Å². The van der Waals surface area contributed by atoms with Gasteiger partial charge in [-0.05, 0) is 25.5 Å². The number of benzene rings is 1. The molecule has 0 unspecified atom stereocenters. The van der Waals surface area contributed by atoms with Crippen molar-refractivity contribution in [3.8, 4) is 11.9 Å². The van der Waals surface area contributed by atoms with E-state index in [2.05, 4.69) is 10.3 Å². The minimum atomic E-state index is 0.0658. The van der Waals surface area contributed by atoms with Crippen LogP contribution in [0.1, 0.15) is 20.3 Å². The molecule has 4 nitrogen and oxygen atoms in total. The van der Waals surface area contributed by atoms with E-state index < -0.39 is 0 Å². The summed E-state index contributed by atoms with van der Waals surface area (Å²) in [6.45, 7) is 4.33. The molecular formula is C13H17N3O. The number of hydrogen-bond acceptors (Lipinski definition) is 3. The van der Waals surface area contributed by atoms with Gasteiger partial charge in [-0.2, -0.15) is 5.26 Å². The predicted molar refractivity (Wildman–Crippen MR) is 67.9 cm³/mol. The molecule has 0 heterocycles. The third kappa shape index (κ3) is 5.03. The van der Waals surface area contributed by atoms with Crippen LogP contribution in [0.5, 0.6) is 5.75 Å². The van der Waals surface area contributed by atoms with Gasteiger partial charge in [-0.15, -0.1) is 0 Å². The Labute approximate surface area is 102 Å². The van der Waals surface area contributed by atoms with Crippen molar-refractivity contribution in [3.63, 3.8) is 0 Å². The lowest BCUT2D eigenvalue weighted by atomic mass is 10.2. The second kappa shape index (κ2) is 7.29. The molecule has 0 fully saturated rings. The fourth-order valence-corrected chi connectivity index (χ4v) is 1.34. The first-order valence-electron chi connectivity index (χ1n) is 5.63. The molecule has 90 valence electrons. The molecule has 0 radical (unpaired) electrons. The fraction of sp³-hybridized carbons (Fsp3) is 0.385. The Bertz CT molecular complexity index is 395. The van der Waals surface area contributed by atoms with Gasteiger partial charge in [0, 0.05) is 0 Å². The maximum atomic E-state index is 8.46. The van der Waals surface area contributed by atoms with Crippen molar-refractivity contribution in [1.29, 1.82) is 5.26 Å². The second-order valence-electron chi connectivity index (χ2n) is 3.64. The van der Waals surface area contributed by atoms with Gasteiger partial charge in [0.1, 0.15) is 18.2 Å². The highest BCUT2D eigenvalue weighted by atomic mass is 16.5. The van der Waals surface area contributed by atoms with Gasteiger partial charge in [0.05, 0.1) is 6.04 Å². The van der Waals surface area contributed by atoms with E-state index in [9.17, 15) is 0 Å². The van der Waals surface area contributed by atoms with Crippen LogP contribution in [0.2, 0.25) is 0 Å². The third-order valence-corrected chi connectivity index (χ3v) is 2.27. The van der Waals surface area contributed by atoms with Gasteiger partial charge < -0.3 is 4.74 Å². The summed E-state index contributed by atoms with van der Waals surface area (Å²) in [4.78, 5) is 4.36. The average Bonchev–Trinajstić information content (AvgIpc) is 2.36. The lowest BCUT2D eigenvalue weighted by molar-refractivity contribution is 0.286. The van der Waals surface area contributed by atoms with E-state index in [1.807, 2.05) is 43.4 Å². The van der Waals surface area contributed by atoms with E-state index in [0.29, 0.717) is 12.4 Å². The summed E-state index contributed by atoms with van der Waals surface area (Å²) in [5.41, 5.74) is 0. The van der Waals surface area contributed by atoms with Gasteiger partial charge in [0.2, 0.25) is 0 Å². The third-order valence-electron chi connectivity index (χ3n) is 2.27. The molecular weight excluding hydrogens is 214 g/mol. The van der Waals surface area contributed by atoms with E-state index in [1.165, 1.54) is 0 Å². The standard InChI is InChI=1S/C13H17N3O/c1-3-12(16-11(2)15-10-14)9-17-13-7-5-4-6-8-13/h4-8,12H,3,9H2,1-2H3,(H,15,16)/t12-/m0/s1. The van der Waals surface area contributed by atoms with Gasteiger partial charge >= 0.3 is 0 Å². The molecule has 0 aliphatic heterocycles. The Morgan fingerprint density at radius 3 is 2.76 bits per heavy atom. The summed E-state index contributed by atoms with van der Waals surface area (Å²) in [6, 6.07) is 9.71. The maximum absolute atomic E-state index is 8.46. The summed E-state index contributed by atoms with van der Waals surface area (Å²) >= 11 is 0. The molecule has 1 atom stereocenters. The molecule has 0 amide bonds. The lowest BCUT2D eigenvalue weighted by Gasteiger charge is -2.12. The molecule has 0 bridgehead atoms. The van der Waals surface area contributed by atoms with Gasteiger partial charge in [-0.25, -0.2) is 0 Å². The zero-order valence-corrected chi connectivity index (χ0v) is 10.2. The Morgan fingerprint density at radius 2 is 2.18 bits per heavy atom. The molecule has 4 heteroatoms. The number of nitrogens with one attached hydrogen (secondary N) is 1. The van der Waals surface area contributed by atoms with Crippen molar-refractivity contribution in [2.75, 3.05) is 6.61 Å². The fourth-order valence-electron chi connectivity index (χ4n) is 1.34. The van der Waals surface area contributed by atoms with Crippen LogP contribution < -0.4 is 10.1 Å². The van der Waals surface area contributed by atoms with Crippen molar-refractivity contribution in [2.45, 2.75) is 26.3 Å². The first-order valence-corrected chi connectivity index (χ1v) is 5.63. The SMILES string of the molecule is CC[C@@H](COc1ccccc1)N=C(C)NC#N. The summed E-state index contributed by atoms with van der Waals surface area (Å²) in [5, 5.41) is 11.0. The van der Waals surface area contributed by atoms with Crippen LogP contribution in [0.3, 0.4) is 0 Å². The molecule has 0 aliphatic rings. The van der Waals surface area contributed by atoms with E-state index in [4.69, 9.17) is 10.00 Å². The predicted octanol–water partition coefficient (Wildman–Crippen LogP) is 2.33. The van der Waals surface area contributed by atoms with Crippen LogP contribution in [-0.4, -0.2) is 18.5 Å². The Kier molecular flexibility index (Phi) is 5.59. The monoisotopic (exact) mass is 231 g/mol. The molecule has 0 aromatic heterocycles. The number of nitriles is 1. The van der Waals surface area contributed by atoms with Gasteiger partial charge in [-0.1, -0.05) is 25.1 Å². The number of para-hydroxylation sites is 1. The van der Waals surface area contributed by atoms with Crippen LogP contribution in [0.25, 0.3) is 0 Å². The first kappa shape index (κ1) is 13.0. The maximum Gasteiger partial charge on any atom is 0.182 e. The van der Waals surface area contributed by atoms with Crippen LogP contribution in [0, 0.1) is 11.5 Å². The van der Waals surface area contributed by atoms with E-state index in [1.54, 1.807) is 6.92 Å². The number of aliphatic imine (C=N–C) groups is 1. The second-order valence-corrected chi connectivity index (χ2v) is 3.64. The number of amidine groups is 1. The molecule has 0 aliphatic carbocycles. The summed E-state index contributed by atoms with van der Waals surface area (Å²) in [5.74, 6) is 1.46. The first-order chi connectivity index (χ1) is 8.26. The molecule has 0 saturated carbocycles. The van der Waals surface area contributed by atoms with E-state index >= 15 is 0 Å². The van der Waals surface area contributed by atoms with Crippen LogP contribution in [0.4, 0.5) is 0 Å². The molecule has 1 aromatic rings. The van der Waals surface area contributed by atoms with Crippen molar-refractivity contribution in [3.05, 3.63) is 30.3 Å². The zero-order valence-electron chi connectivity index (χ0n) is 10.2. The smallest absolute Gasteiger partial charge is 0.182 e. The van der Waals surface area contributed by atoms with Crippen LogP contribution in [0.15, 0.2) is 35.3 Å². The summed E-state index contributed by atoms with van der Waals surface area (Å²) < 4.78 is 5.62. The zero-order chi connectivity index (χ0) is 12.5. The Balaban J connectivity index is 2.48. The minimum absolute atomic E-state index is 0.0658. The van der Waals surface area contributed by atoms with E-state index in [0.717, 1.165) is 12.2 Å². The largest absolute Gasteiger partial charge is 0.491 e. The molecule has 0 spiro atoms. The number of rotatable bonds is 5. The molecule has 0 saturated heterocycles. The van der Waals surface area contributed by atoms with Gasteiger partial charge in [0.25, 0.3) is 0 Å². The molecule has 1 rings (SSSR count). The summed E-state index contributed by atoms with van der Waals surface area (Å²) in [7, 11) is 0. The minimum Gasteiger partial charge on any atom is -0.491 e. The van der Waals surface area contributed by atoms with Crippen molar-refractivity contribution >= 4 is 5.84 Å². The van der Waals surface area contributed by atoms with Crippen LogP contribution >= 0.6 is 0 Å². The van der Waals surface area contributed by atoms with E-state index in [-0.39, 0.29) is 6.04 Å². The van der Waals surface area contributed by atoms with Crippen molar-refractivity contribution < 1.29 is 4.74 Å². The van der Waals surface area contributed by atoms with Crippen molar-refractivity contribution in [2.24, 2.45) is 4.99 Å². The Morgan fingerprint density at radius 1 is 1.47 bits per heavy atom. The highest BCUT2D eigenvalue weighted by Gasteiger charge is 2.05. The molecule has 17 heavy (non-hydrogen) atoms. The quantitative estimate of drug-likeness (QED) is 0.366. The molecule has 1 aromatic carbocycles. The van der Waals surface area contributed by atoms with Crippen molar-refractivity contribution in [1.82, 2.24) is 5.32 Å². The molecule has 1 N–H and O–H groups in total. The number of ether oxygens (including phenoxy) is 1. The summed E-state index contributed by atoms with van der Waals surface area (Å²) in [6.07, 6.45) is 2.72. The number of nitrogens with zero attached hydrogens (tertiary/aromatic N) is 2. The Hall–Kier alpha value is -2.02. The topological polar surface area (TPSA) is 57.4 Å². The van der Waals surface area contributed by atoms with Gasteiger partial charge in [-0.3, -0.25) is 10.3 Å².